The Morgan fingerprint density at radius 2 is 1.83 bits per heavy atom. The maximum absolute atomic E-state index is 11.5. The molecule has 5 heterocycles. The predicted molar refractivity (Wildman–Crippen MR) is 129 cm³/mol. The zero-order chi connectivity index (χ0) is 23.8. The number of nitrogens with one attached hydrogen (secondary N) is 3. The number of piperidine rings is 2. The van der Waals surface area contributed by atoms with Crippen LogP contribution in [-0.2, 0) is 19.1 Å². The van der Waals surface area contributed by atoms with Gasteiger partial charge in [0.05, 0.1) is 30.6 Å². The zero-order valence-electron chi connectivity index (χ0n) is 20.9. The Bertz CT molecular complexity index is 737. The fraction of sp³-hybridized carbons (Fsp3) is 0.960. The van der Waals surface area contributed by atoms with Gasteiger partial charge in [-0.2, -0.15) is 5.48 Å². The van der Waals surface area contributed by atoms with Crippen molar-refractivity contribution < 1.29 is 19.1 Å². The minimum Gasteiger partial charge on any atom is -0.369 e. The van der Waals surface area contributed by atoms with Crippen LogP contribution in [0.3, 0.4) is 0 Å². The second-order valence-electron chi connectivity index (χ2n) is 11.7. The minimum atomic E-state index is -0.142. The van der Waals surface area contributed by atoms with Crippen molar-refractivity contribution in [1.82, 2.24) is 25.9 Å². The monoisotopic (exact) mass is 492 g/mol. The van der Waals surface area contributed by atoms with Gasteiger partial charge in [0.25, 0.3) is 0 Å². The Hall–Kier alpha value is -0.850. The number of nitrogens with two attached hydrogens (primary N) is 1. The lowest BCUT2D eigenvalue weighted by Crippen LogP contribution is -2.57. The van der Waals surface area contributed by atoms with E-state index < -0.39 is 0 Å². The van der Waals surface area contributed by atoms with Crippen molar-refractivity contribution in [1.29, 1.82) is 0 Å². The van der Waals surface area contributed by atoms with Crippen molar-refractivity contribution in [3.05, 3.63) is 0 Å². The molecule has 35 heavy (non-hydrogen) atoms. The first kappa shape index (κ1) is 24.5. The fourth-order valence-electron chi connectivity index (χ4n) is 7.50. The van der Waals surface area contributed by atoms with Crippen molar-refractivity contribution in [2.24, 2.45) is 23.5 Å². The Labute approximate surface area is 208 Å². The SMILES string of the molecule is NC(=O)C1CCN(C2CC(C3NOC([C@@H]4CCCN4CC4CCC5OCOC5C4)N3)CCN2)CC1. The largest absolute Gasteiger partial charge is 0.369 e. The van der Waals surface area contributed by atoms with Crippen LogP contribution in [0.25, 0.3) is 0 Å². The topological polar surface area (TPSA) is 113 Å². The van der Waals surface area contributed by atoms with Crippen molar-refractivity contribution in [2.45, 2.75) is 94.6 Å². The molecular weight excluding hydrogens is 448 g/mol. The molecule has 6 fully saturated rings. The van der Waals surface area contributed by atoms with Gasteiger partial charge < -0.3 is 20.5 Å². The molecule has 198 valence electrons. The molecule has 7 unspecified atom stereocenters. The third kappa shape index (κ3) is 5.40. The van der Waals surface area contributed by atoms with Gasteiger partial charge in [0.15, 0.2) is 0 Å². The van der Waals surface area contributed by atoms with Crippen LogP contribution in [0.2, 0.25) is 0 Å². The van der Waals surface area contributed by atoms with Crippen LogP contribution in [0.4, 0.5) is 0 Å². The number of hydrogen-bond donors (Lipinski definition) is 4. The molecule has 0 radical (unpaired) electrons. The van der Waals surface area contributed by atoms with Gasteiger partial charge in [-0.15, -0.1) is 0 Å². The van der Waals surface area contributed by atoms with Crippen LogP contribution in [0.15, 0.2) is 0 Å². The molecule has 10 nitrogen and oxygen atoms in total. The number of hydrogen-bond acceptors (Lipinski definition) is 9. The summed E-state index contributed by atoms with van der Waals surface area (Å²) in [5.74, 6) is 1.11. The summed E-state index contributed by atoms with van der Waals surface area (Å²) in [4.78, 5) is 22.9. The molecule has 6 aliphatic rings. The van der Waals surface area contributed by atoms with Crippen molar-refractivity contribution in [2.75, 3.05) is 39.5 Å². The van der Waals surface area contributed by atoms with Crippen LogP contribution >= 0.6 is 0 Å². The standard InChI is InChI=1S/C25H44N6O4/c26-23(32)17-6-10-30(11-7-17)22-13-18(5-8-27-22)24-28-25(35-29-24)19-2-1-9-31(19)14-16-3-4-20-21(12-16)34-15-33-20/h16-22,24-25,27-29H,1-15H2,(H2,26,32)/t16?,18?,19-,20?,21?,22?,24?,25?/m0/s1. The van der Waals surface area contributed by atoms with Crippen molar-refractivity contribution in [3.8, 4) is 0 Å². The summed E-state index contributed by atoms with van der Waals surface area (Å²) in [5, 5.41) is 7.53. The quantitative estimate of drug-likeness (QED) is 0.416. The van der Waals surface area contributed by atoms with Gasteiger partial charge >= 0.3 is 0 Å². The van der Waals surface area contributed by atoms with Gasteiger partial charge in [0.1, 0.15) is 13.0 Å². The average molecular weight is 493 g/mol. The minimum absolute atomic E-state index is 0.0429. The summed E-state index contributed by atoms with van der Waals surface area (Å²) >= 11 is 0. The second kappa shape index (κ2) is 10.9. The molecule has 8 atom stereocenters. The first-order chi connectivity index (χ1) is 17.1. The summed E-state index contributed by atoms with van der Waals surface area (Å²) < 4.78 is 11.5. The lowest BCUT2D eigenvalue weighted by molar-refractivity contribution is -0.123. The molecule has 1 aliphatic carbocycles. The van der Waals surface area contributed by atoms with Crippen LogP contribution in [0.1, 0.15) is 57.8 Å². The highest BCUT2D eigenvalue weighted by atomic mass is 16.7. The Kier molecular flexibility index (Phi) is 7.60. The zero-order valence-corrected chi connectivity index (χ0v) is 20.9. The van der Waals surface area contributed by atoms with Crippen LogP contribution in [-0.4, -0.2) is 92.0 Å². The maximum atomic E-state index is 11.5. The van der Waals surface area contributed by atoms with Crippen LogP contribution < -0.4 is 21.8 Å². The number of amides is 1. The van der Waals surface area contributed by atoms with Crippen LogP contribution in [0.5, 0.6) is 0 Å². The van der Waals surface area contributed by atoms with E-state index in [-0.39, 0.29) is 24.2 Å². The first-order valence-electron chi connectivity index (χ1n) is 14.1. The van der Waals surface area contributed by atoms with Gasteiger partial charge in [-0.1, -0.05) is 0 Å². The van der Waals surface area contributed by atoms with E-state index in [4.69, 9.17) is 20.0 Å². The third-order valence-corrected chi connectivity index (χ3v) is 9.59. The molecule has 0 bridgehead atoms. The molecule has 0 aromatic heterocycles. The lowest BCUT2D eigenvalue weighted by Gasteiger charge is -2.42. The highest BCUT2D eigenvalue weighted by Crippen LogP contribution is 2.35. The van der Waals surface area contributed by atoms with Gasteiger partial charge in [0.2, 0.25) is 5.91 Å². The molecule has 1 saturated carbocycles. The Morgan fingerprint density at radius 3 is 2.69 bits per heavy atom. The fourth-order valence-corrected chi connectivity index (χ4v) is 7.50. The van der Waals surface area contributed by atoms with Crippen molar-refractivity contribution >= 4 is 5.91 Å². The number of carbonyl (C=O) groups is 1. The lowest BCUT2D eigenvalue weighted by atomic mass is 9.85. The van der Waals surface area contributed by atoms with Gasteiger partial charge in [-0.3, -0.25) is 24.7 Å². The normalized spacial score (nSPS) is 44.0. The molecule has 1 amide bonds. The van der Waals surface area contributed by atoms with E-state index in [0.29, 0.717) is 43.0 Å². The van der Waals surface area contributed by atoms with Gasteiger partial charge in [-0.05, 0) is 82.7 Å². The van der Waals surface area contributed by atoms with E-state index in [1.165, 1.54) is 19.3 Å². The van der Waals surface area contributed by atoms with E-state index in [1.54, 1.807) is 0 Å². The molecule has 0 aromatic rings. The van der Waals surface area contributed by atoms with E-state index in [0.717, 1.165) is 71.2 Å². The molecule has 5 saturated heterocycles. The van der Waals surface area contributed by atoms with Gasteiger partial charge in [-0.25, -0.2) is 0 Å². The number of likely N-dealkylation sites (tertiary alicyclic amines) is 2. The van der Waals surface area contributed by atoms with E-state index >= 15 is 0 Å². The number of hydroxylamine groups is 1. The number of ether oxygens (including phenoxy) is 2. The van der Waals surface area contributed by atoms with E-state index in [1.807, 2.05) is 0 Å². The number of carbonyl (C=O) groups excluding carboxylic acids is 1. The molecule has 5 aliphatic heterocycles. The van der Waals surface area contributed by atoms with Crippen LogP contribution in [0, 0.1) is 17.8 Å². The summed E-state index contributed by atoms with van der Waals surface area (Å²) in [6, 6.07) is 0.427. The Morgan fingerprint density at radius 1 is 0.971 bits per heavy atom. The summed E-state index contributed by atoms with van der Waals surface area (Å²) in [6.45, 7) is 5.68. The molecule has 5 N–H and O–H groups in total. The smallest absolute Gasteiger partial charge is 0.220 e. The molecular formula is C25H44N6O4. The highest BCUT2D eigenvalue weighted by Gasteiger charge is 2.43. The van der Waals surface area contributed by atoms with E-state index in [9.17, 15) is 4.79 Å². The predicted octanol–water partition coefficient (Wildman–Crippen LogP) is 0.292. The molecule has 0 aromatic carbocycles. The number of rotatable bonds is 6. The number of nitrogens with zero attached hydrogens (tertiary/aromatic N) is 2. The highest BCUT2D eigenvalue weighted by molar-refractivity contribution is 5.76. The van der Waals surface area contributed by atoms with Gasteiger partial charge in [0, 0.05) is 25.6 Å². The molecule has 6 rings (SSSR count). The first-order valence-corrected chi connectivity index (χ1v) is 14.1. The third-order valence-electron chi connectivity index (χ3n) is 9.59. The summed E-state index contributed by atoms with van der Waals surface area (Å²) in [6.07, 6.45) is 11.1. The van der Waals surface area contributed by atoms with Crippen molar-refractivity contribution in [3.63, 3.8) is 0 Å². The summed E-state index contributed by atoms with van der Waals surface area (Å²) in [7, 11) is 0. The number of primary amides is 1. The Balaban J connectivity index is 0.991. The summed E-state index contributed by atoms with van der Waals surface area (Å²) in [5.41, 5.74) is 8.90. The number of fused-ring (bicyclic) bond motifs is 1. The average Bonchev–Trinajstić information content (AvgIpc) is 3.65. The molecule has 0 spiro atoms. The maximum Gasteiger partial charge on any atom is 0.220 e. The van der Waals surface area contributed by atoms with E-state index in [2.05, 4.69) is 25.9 Å². The second-order valence-corrected chi connectivity index (χ2v) is 11.7. The molecule has 10 heteroatoms.